The van der Waals surface area contributed by atoms with Gasteiger partial charge in [-0.05, 0) is 30.2 Å². The number of primary amides is 1. The van der Waals surface area contributed by atoms with E-state index in [1.165, 1.54) is 0 Å². The standard InChI is InChI=1S/C19H16N6O/c1-10-5-2-3-8-13(10)14-15-17(20)23-25-19(15)24-22-16(14)11-6-4-7-12(9-11)18(21)26/h2-9H,1H3,(H2,21,26)(H3,20,23,24,25). The van der Waals surface area contributed by atoms with Gasteiger partial charge in [0, 0.05) is 16.7 Å². The van der Waals surface area contributed by atoms with Crippen LogP contribution in [0.25, 0.3) is 33.4 Å². The molecule has 4 rings (SSSR count). The summed E-state index contributed by atoms with van der Waals surface area (Å²) in [5.74, 6) is -0.0818. The number of nitrogens with two attached hydrogens (primary N) is 2. The number of anilines is 1. The molecular formula is C19H16N6O. The molecule has 2 aromatic heterocycles. The zero-order chi connectivity index (χ0) is 18.3. The summed E-state index contributed by atoms with van der Waals surface area (Å²) < 4.78 is 0. The normalized spacial score (nSPS) is 11.0. The van der Waals surface area contributed by atoms with Gasteiger partial charge >= 0.3 is 0 Å². The molecule has 7 heteroatoms. The number of carbonyl (C=O) groups excluding carboxylic acids is 1. The third-order valence-corrected chi connectivity index (χ3v) is 4.34. The molecule has 2 heterocycles. The van der Waals surface area contributed by atoms with Gasteiger partial charge in [-0.15, -0.1) is 10.2 Å². The van der Waals surface area contributed by atoms with Gasteiger partial charge in [0.15, 0.2) is 0 Å². The fourth-order valence-electron chi connectivity index (χ4n) is 3.07. The number of aromatic nitrogens is 4. The van der Waals surface area contributed by atoms with E-state index in [-0.39, 0.29) is 0 Å². The lowest BCUT2D eigenvalue weighted by atomic mass is 9.93. The van der Waals surface area contributed by atoms with E-state index in [0.29, 0.717) is 28.1 Å². The smallest absolute Gasteiger partial charge is 0.248 e. The van der Waals surface area contributed by atoms with Crippen LogP contribution in [-0.4, -0.2) is 26.3 Å². The molecule has 0 fully saturated rings. The van der Waals surface area contributed by atoms with Crippen LogP contribution >= 0.6 is 0 Å². The van der Waals surface area contributed by atoms with E-state index in [1.807, 2.05) is 37.3 Å². The molecule has 0 aliphatic carbocycles. The molecular weight excluding hydrogens is 328 g/mol. The zero-order valence-corrected chi connectivity index (χ0v) is 14.0. The van der Waals surface area contributed by atoms with E-state index in [1.54, 1.807) is 18.2 Å². The van der Waals surface area contributed by atoms with Crippen LogP contribution in [0.2, 0.25) is 0 Å². The second kappa shape index (κ2) is 5.96. The van der Waals surface area contributed by atoms with Crippen molar-refractivity contribution in [2.45, 2.75) is 6.92 Å². The summed E-state index contributed by atoms with van der Waals surface area (Å²) in [5.41, 5.74) is 16.6. The molecule has 0 aliphatic rings. The van der Waals surface area contributed by atoms with Crippen LogP contribution < -0.4 is 11.5 Å². The van der Waals surface area contributed by atoms with Crippen LogP contribution in [0, 0.1) is 6.92 Å². The lowest BCUT2D eigenvalue weighted by molar-refractivity contribution is 0.100. The van der Waals surface area contributed by atoms with E-state index in [2.05, 4.69) is 20.4 Å². The van der Waals surface area contributed by atoms with Gasteiger partial charge in [-0.2, -0.15) is 5.10 Å². The van der Waals surface area contributed by atoms with Crippen LogP contribution in [0.1, 0.15) is 15.9 Å². The number of nitrogens with zero attached hydrogens (tertiary/aromatic N) is 3. The average molecular weight is 344 g/mol. The molecule has 0 radical (unpaired) electrons. The highest BCUT2D eigenvalue weighted by Gasteiger charge is 2.20. The fraction of sp³-hybridized carbons (Fsp3) is 0.0526. The van der Waals surface area contributed by atoms with E-state index in [9.17, 15) is 4.79 Å². The van der Waals surface area contributed by atoms with Gasteiger partial charge in [0.25, 0.3) is 0 Å². The Labute approximate surface area is 149 Å². The Kier molecular flexibility index (Phi) is 3.62. The van der Waals surface area contributed by atoms with Crippen molar-refractivity contribution in [3.63, 3.8) is 0 Å². The third-order valence-electron chi connectivity index (χ3n) is 4.34. The SMILES string of the molecule is Cc1ccccc1-c1c(-c2cccc(C(N)=O)c2)nnc2n[nH]c(N)c12. The number of nitrogen functional groups attached to an aromatic ring is 1. The first-order chi connectivity index (χ1) is 12.6. The number of carbonyl (C=O) groups is 1. The number of aromatic amines is 1. The molecule has 1 amide bonds. The zero-order valence-electron chi connectivity index (χ0n) is 14.0. The molecule has 0 atom stereocenters. The summed E-state index contributed by atoms with van der Waals surface area (Å²) in [7, 11) is 0. The highest BCUT2D eigenvalue weighted by atomic mass is 16.1. The molecule has 26 heavy (non-hydrogen) atoms. The summed E-state index contributed by atoms with van der Waals surface area (Å²) in [6.45, 7) is 2.02. The molecule has 0 unspecified atom stereocenters. The van der Waals surface area contributed by atoms with Crippen molar-refractivity contribution < 1.29 is 4.79 Å². The summed E-state index contributed by atoms with van der Waals surface area (Å²) >= 11 is 0. The van der Waals surface area contributed by atoms with Gasteiger partial charge in [0.05, 0.1) is 5.39 Å². The first-order valence-electron chi connectivity index (χ1n) is 8.02. The third kappa shape index (κ3) is 2.46. The van der Waals surface area contributed by atoms with Gasteiger partial charge in [0.2, 0.25) is 11.6 Å². The number of hydrogen-bond donors (Lipinski definition) is 3. The van der Waals surface area contributed by atoms with Gasteiger partial charge in [-0.1, -0.05) is 36.4 Å². The topological polar surface area (TPSA) is 124 Å². The minimum absolute atomic E-state index is 0.403. The first-order valence-corrected chi connectivity index (χ1v) is 8.02. The van der Waals surface area contributed by atoms with Crippen molar-refractivity contribution in [3.8, 4) is 22.4 Å². The molecule has 0 saturated carbocycles. The molecule has 2 aromatic carbocycles. The lowest BCUT2D eigenvalue weighted by Gasteiger charge is -2.13. The maximum absolute atomic E-state index is 11.6. The van der Waals surface area contributed by atoms with Gasteiger partial charge in [-0.25, -0.2) is 0 Å². The van der Waals surface area contributed by atoms with Crippen molar-refractivity contribution in [2.24, 2.45) is 5.73 Å². The summed E-state index contributed by atoms with van der Waals surface area (Å²) in [4.78, 5) is 11.6. The Balaban J connectivity index is 2.09. The molecule has 0 aliphatic heterocycles. The molecule has 5 N–H and O–H groups in total. The quantitative estimate of drug-likeness (QED) is 0.527. The van der Waals surface area contributed by atoms with E-state index < -0.39 is 5.91 Å². The fourth-order valence-corrected chi connectivity index (χ4v) is 3.07. The van der Waals surface area contributed by atoms with Crippen LogP contribution in [0.4, 0.5) is 5.82 Å². The van der Waals surface area contributed by atoms with Crippen molar-refractivity contribution in [3.05, 3.63) is 59.7 Å². The van der Waals surface area contributed by atoms with Crippen molar-refractivity contribution in [1.82, 2.24) is 20.4 Å². The predicted molar refractivity (Wildman–Crippen MR) is 100 cm³/mol. The number of H-pyrrole nitrogens is 1. The summed E-state index contributed by atoms with van der Waals surface area (Å²) in [5, 5.41) is 16.1. The predicted octanol–water partition coefficient (Wildman–Crippen LogP) is 2.68. The molecule has 128 valence electrons. The average Bonchev–Trinajstić information content (AvgIpc) is 3.03. The summed E-state index contributed by atoms with van der Waals surface area (Å²) in [6, 6.07) is 14.9. The molecule has 0 spiro atoms. The maximum Gasteiger partial charge on any atom is 0.248 e. The molecule has 0 saturated heterocycles. The van der Waals surface area contributed by atoms with E-state index in [4.69, 9.17) is 11.5 Å². The second-order valence-electron chi connectivity index (χ2n) is 6.02. The van der Waals surface area contributed by atoms with Crippen LogP contribution in [0.5, 0.6) is 0 Å². The van der Waals surface area contributed by atoms with Crippen molar-refractivity contribution in [2.75, 3.05) is 5.73 Å². The number of aryl methyl sites for hydroxylation is 1. The Bertz CT molecular complexity index is 1150. The highest BCUT2D eigenvalue weighted by molar-refractivity contribution is 6.05. The molecule has 7 nitrogen and oxygen atoms in total. The largest absolute Gasteiger partial charge is 0.383 e. The first kappa shape index (κ1) is 15.8. The lowest BCUT2D eigenvalue weighted by Crippen LogP contribution is -2.10. The number of amides is 1. The number of rotatable bonds is 3. The molecule has 0 bridgehead atoms. The number of benzene rings is 2. The number of fused-ring (bicyclic) bond motifs is 1. The van der Waals surface area contributed by atoms with Crippen LogP contribution in [0.3, 0.4) is 0 Å². The van der Waals surface area contributed by atoms with Gasteiger partial charge < -0.3 is 11.5 Å². The van der Waals surface area contributed by atoms with E-state index in [0.717, 1.165) is 22.3 Å². The number of nitrogens with one attached hydrogen (secondary N) is 1. The Morgan fingerprint density at radius 3 is 2.65 bits per heavy atom. The van der Waals surface area contributed by atoms with Crippen LogP contribution in [0.15, 0.2) is 48.5 Å². The van der Waals surface area contributed by atoms with Gasteiger partial charge in [-0.3, -0.25) is 9.89 Å². The van der Waals surface area contributed by atoms with Crippen molar-refractivity contribution >= 4 is 22.8 Å². The van der Waals surface area contributed by atoms with E-state index >= 15 is 0 Å². The minimum Gasteiger partial charge on any atom is -0.383 e. The van der Waals surface area contributed by atoms with Crippen molar-refractivity contribution in [1.29, 1.82) is 0 Å². The highest BCUT2D eigenvalue weighted by Crippen LogP contribution is 2.38. The summed E-state index contributed by atoms with van der Waals surface area (Å²) in [6.07, 6.45) is 0. The second-order valence-corrected chi connectivity index (χ2v) is 6.02. The number of hydrogen-bond acceptors (Lipinski definition) is 5. The Morgan fingerprint density at radius 2 is 1.88 bits per heavy atom. The maximum atomic E-state index is 11.6. The minimum atomic E-state index is -0.499. The monoisotopic (exact) mass is 344 g/mol. The Hall–Kier alpha value is -3.74. The Morgan fingerprint density at radius 1 is 1.08 bits per heavy atom. The van der Waals surface area contributed by atoms with Crippen LogP contribution in [-0.2, 0) is 0 Å². The van der Waals surface area contributed by atoms with Gasteiger partial charge in [0.1, 0.15) is 11.5 Å². The molecule has 4 aromatic rings.